The maximum absolute atomic E-state index is 12.9. The number of pyridine rings is 1. The Kier molecular flexibility index (Phi) is 7.80. The van der Waals surface area contributed by atoms with E-state index in [4.69, 9.17) is 23.2 Å². The van der Waals surface area contributed by atoms with Crippen LogP contribution in [0.15, 0.2) is 70.2 Å². The van der Waals surface area contributed by atoms with Gasteiger partial charge in [-0.05, 0) is 60.5 Å². The van der Waals surface area contributed by atoms with Gasteiger partial charge in [-0.15, -0.1) is 0 Å². The Morgan fingerprint density at radius 1 is 0.909 bits per heavy atom. The number of carbonyl (C=O) groups is 2. The van der Waals surface area contributed by atoms with Crippen LogP contribution < -0.4 is 4.72 Å². The van der Waals surface area contributed by atoms with Crippen molar-refractivity contribution in [2.24, 2.45) is 0 Å². The zero-order valence-electron chi connectivity index (χ0n) is 17.3. The molecule has 0 unspecified atom stereocenters. The van der Waals surface area contributed by atoms with E-state index >= 15 is 0 Å². The van der Waals surface area contributed by atoms with Crippen molar-refractivity contribution in [2.75, 3.05) is 30.9 Å². The zero-order valence-corrected chi connectivity index (χ0v) is 21.2. The number of rotatable bonds is 5. The molecule has 0 aliphatic carbocycles. The van der Waals surface area contributed by atoms with Crippen molar-refractivity contribution in [3.8, 4) is 0 Å². The predicted octanol–water partition coefficient (Wildman–Crippen LogP) is 5.87. The number of halogens is 3. The van der Waals surface area contributed by atoms with Crippen LogP contribution in [-0.2, 0) is 0 Å². The van der Waals surface area contributed by atoms with Crippen molar-refractivity contribution in [3.63, 3.8) is 0 Å². The largest absolute Gasteiger partial charge is 0.335 e. The second-order valence-electron chi connectivity index (χ2n) is 7.28. The molecule has 2 amide bonds. The molecule has 2 aromatic carbocycles. The van der Waals surface area contributed by atoms with E-state index in [2.05, 4.69) is 25.6 Å². The fourth-order valence-corrected chi connectivity index (χ4v) is 5.47. The fraction of sp³-hybridized carbons (Fsp3) is 0.174. The first kappa shape index (κ1) is 23.9. The van der Waals surface area contributed by atoms with Gasteiger partial charge in [-0.2, -0.15) is 0 Å². The highest BCUT2D eigenvalue weighted by Crippen LogP contribution is 2.37. The molecule has 0 radical (unpaired) electrons. The van der Waals surface area contributed by atoms with Crippen LogP contribution in [0, 0.1) is 0 Å². The molecule has 1 fully saturated rings. The molecule has 1 aliphatic rings. The van der Waals surface area contributed by atoms with E-state index in [-0.39, 0.29) is 11.8 Å². The Hall–Kier alpha value is -2.26. The number of nitrogens with zero attached hydrogens (tertiary/aromatic N) is 3. The smallest absolute Gasteiger partial charge is 0.272 e. The van der Waals surface area contributed by atoms with Gasteiger partial charge >= 0.3 is 0 Å². The summed E-state index contributed by atoms with van der Waals surface area (Å²) in [6.07, 6.45) is 1.60. The minimum atomic E-state index is -0.110. The molecular weight excluding hydrogens is 547 g/mol. The number of piperazine rings is 1. The fourth-order valence-electron chi connectivity index (χ4n) is 3.36. The summed E-state index contributed by atoms with van der Waals surface area (Å²) in [4.78, 5) is 33.8. The lowest BCUT2D eigenvalue weighted by Gasteiger charge is -2.34. The highest BCUT2D eigenvalue weighted by atomic mass is 79.9. The molecule has 1 saturated heterocycles. The van der Waals surface area contributed by atoms with Crippen molar-refractivity contribution >= 4 is 68.6 Å². The van der Waals surface area contributed by atoms with Crippen molar-refractivity contribution in [1.82, 2.24) is 14.8 Å². The average molecular weight is 566 g/mol. The van der Waals surface area contributed by atoms with Gasteiger partial charge in [0.2, 0.25) is 0 Å². The molecule has 0 bridgehead atoms. The molecule has 4 rings (SSSR count). The number of carbonyl (C=O) groups excluding carboxylic acids is 2. The SMILES string of the molecule is O=C(c1ccc(NSc2c(Cl)cc(Br)cc2Cl)cc1)N1CCN(C(=O)c2ccccn2)CC1. The van der Waals surface area contributed by atoms with Gasteiger partial charge in [0.25, 0.3) is 11.8 Å². The van der Waals surface area contributed by atoms with E-state index in [0.29, 0.717) is 47.5 Å². The maximum atomic E-state index is 12.9. The van der Waals surface area contributed by atoms with Crippen LogP contribution in [0.2, 0.25) is 10.0 Å². The molecule has 170 valence electrons. The van der Waals surface area contributed by atoms with E-state index in [1.807, 2.05) is 12.1 Å². The quantitative estimate of drug-likeness (QED) is 0.392. The molecule has 1 aromatic heterocycles. The molecule has 2 heterocycles. The average Bonchev–Trinajstić information content (AvgIpc) is 2.83. The molecule has 33 heavy (non-hydrogen) atoms. The third-order valence-electron chi connectivity index (χ3n) is 5.10. The van der Waals surface area contributed by atoms with Gasteiger partial charge in [-0.1, -0.05) is 45.2 Å². The van der Waals surface area contributed by atoms with Gasteiger partial charge in [-0.25, -0.2) is 0 Å². The molecule has 1 N–H and O–H groups in total. The summed E-state index contributed by atoms with van der Waals surface area (Å²) < 4.78 is 4.01. The Balaban J connectivity index is 1.32. The first-order valence-electron chi connectivity index (χ1n) is 10.1. The van der Waals surface area contributed by atoms with Gasteiger partial charge in [0.05, 0.1) is 14.9 Å². The van der Waals surface area contributed by atoms with Crippen LogP contribution in [0.1, 0.15) is 20.8 Å². The van der Waals surface area contributed by atoms with E-state index in [0.717, 1.165) is 15.1 Å². The van der Waals surface area contributed by atoms with Crippen LogP contribution in [0.3, 0.4) is 0 Å². The van der Waals surface area contributed by atoms with E-state index < -0.39 is 0 Å². The van der Waals surface area contributed by atoms with Crippen LogP contribution >= 0.6 is 51.1 Å². The molecule has 10 heteroatoms. The number of anilines is 1. The van der Waals surface area contributed by atoms with Gasteiger partial charge in [-0.3, -0.25) is 14.6 Å². The summed E-state index contributed by atoms with van der Waals surface area (Å²) in [6.45, 7) is 1.92. The summed E-state index contributed by atoms with van der Waals surface area (Å²) in [7, 11) is 0. The Morgan fingerprint density at radius 2 is 1.52 bits per heavy atom. The highest BCUT2D eigenvalue weighted by Gasteiger charge is 2.26. The van der Waals surface area contributed by atoms with Crippen molar-refractivity contribution < 1.29 is 9.59 Å². The van der Waals surface area contributed by atoms with Crippen LogP contribution in [0.25, 0.3) is 0 Å². The summed E-state index contributed by atoms with van der Waals surface area (Å²) in [6, 6.07) is 16.1. The third-order valence-corrected chi connectivity index (χ3v) is 7.36. The topological polar surface area (TPSA) is 65.5 Å². The van der Waals surface area contributed by atoms with Crippen molar-refractivity contribution in [2.45, 2.75) is 4.90 Å². The van der Waals surface area contributed by atoms with Gasteiger partial charge in [0, 0.05) is 48.1 Å². The number of hydrogen-bond acceptors (Lipinski definition) is 5. The molecule has 0 atom stereocenters. The Morgan fingerprint density at radius 3 is 2.09 bits per heavy atom. The molecule has 0 saturated carbocycles. The molecule has 3 aromatic rings. The number of hydrogen-bond donors (Lipinski definition) is 1. The highest BCUT2D eigenvalue weighted by molar-refractivity contribution is 9.10. The second-order valence-corrected chi connectivity index (χ2v) is 9.83. The minimum absolute atomic E-state index is 0.0573. The number of benzene rings is 2. The number of nitrogens with one attached hydrogen (secondary N) is 1. The molecule has 0 spiro atoms. The third kappa shape index (κ3) is 5.81. The monoisotopic (exact) mass is 564 g/mol. The first-order chi connectivity index (χ1) is 15.9. The van der Waals surface area contributed by atoms with E-state index in [9.17, 15) is 9.59 Å². The van der Waals surface area contributed by atoms with Crippen LogP contribution in [0.5, 0.6) is 0 Å². The molecule has 1 aliphatic heterocycles. The Labute approximate surface area is 214 Å². The number of amides is 2. The zero-order chi connectivity index (χ0) is 23.4. The lowest BCUT2D eigenvalue weighted by Crippen LogP contribution is -2.50. The van der Waals surface area contributed by atoms with Gasteiger partial charge in [0.1, 0.15) is 5.69 Å². The van der Waals surface area contributed by atoms with Crippen molar-refractivity contribution in [3.05, 3.63) is 86.6 Å². The van der Waals surface area contributed by atoms with Crippen LogP contribution in [-0.4, -0.2) is 52.8 Å². The number of aromatic nitrogens is 1. The lowest BCUT2D eigenvalue weighted by atomic mass is 10.1. The Bertz CT molecular complexity index is 1130. The van der Waals surface area contributed by atoms with Crippen LogP contribution in [0.4, 0.5) is 5.69 Å². The molecular formula is C23H19BrCl2N4O2S. The normalized spacial score (nSPS) is 13.7. The maximum Gasteiger partial charge on any atom is 0.272 e. The first-order valence-corrected chi connectivity index (χ1v) is 12.5. The van der Waals surface area contributed by atoms with E-state index in [1.165, 1.54) is 11.9 Å². The molecule has 6 nitrogen and oxygen atoms in total. The van der Waals surface area contributed by atoms with Crippen molar-refractivity contribution in [1.29, 1.82) is 0 Å². The summed E-state index contributed by atoms with van der Waals surface area (Å²) in [5.41, 5.74) is 1.83. The van der Waals surface area contributed by atoms with Gasteiger partial charge in [0.15, 0.2) is 0 Å². The second kappa shape index (κ2) is 10.8. The standard InChI is InChI=1S/C23H19BrCl2N4O2S/c24-16-13-18(25)21(19(26)14-16)33-28-17-6-4-15(5-7-17)22(31)29-9-11-30(12-10-29)23(32)20-3-1-2-8-27-20/h1-8,13-14,28H,9-12H2. The predicted molar refractivity (Wildman–Crippen MR) is 136 cm³/mol. The van der Waals surface area contributed by atoms with Gasteiger partial charge < -0.3 is 14.5 Å². The summed E-state index contributed by atoms with van der Waals surface area (Å²) in [5.74, 6) is -0.167. The summed E-state index contributed by atoms with van der Waals surface area (Å²) in [5, 5.41) is 1.08. The van der Waals surface area contributed by atoms with E-state index in [1.54, 1.807) is 58.5 Å². The minimum Gasteiger partial charge on any atom is -0.335 e. The lowest BCUT2D eigenvalue weighted by molar-refractivity contribution is 0.0532. The summed E-state index contributed by atoms with van der Waals surface area (Å²) >= 11 is 17.2.